The summed E-state index contributed by atoms with van der Waals surface area (Å²) in [6, 6.07) is 7.82. The van der Waals surface area contributed by atoms with Gasteiger partial charge < -0.3 is 10.6 Å². The van der Waals surface area contributed by atoms with Gasteiger partial charge in [-0.1, -0.05) is 13.0 Å². The summed E-state index contributed by atoms with van der Waals surface area (Å²) in [4.78, 5) is 20.2. The first-order valence-electron chi connectivity index (χ1n) is 6.72. The van der Waals surface area contributed by atoms with Gasteiger partial charge in [-0.3, -0.25) is 4.79 Å². The fourth-order valence-electron chi connectivity index (χ4n) is 2.27. The van der Waals surface area contributed by atoms with Crippen LogP contribution in [-0.4, -0.2) is 22.4 Å². The third-order valence-corrected chi connectivity index (χ3v) is 3.26. The molecule has 1 aromatic heterocycles. The molecule has 0 radical (unpaired) electrons. The number of hydrogen-bond donors (Lipinski definition) is 2. The summed E-state index contributed by atoms with van der Waals surface area (Å²) in [5.74, 6) is 0.826. The molecule has 3 rings (SSSR count). The molecule has 2 heterocycles. The Morgan fingerprint density at radius 1 is 1.35 bits per heavy atom. The summed E-state index contributed by atoms with van der Waals surface area (Å²) in [6.45, 7) is 3.60. The first-order valence-corrected chi connectivity index (χ1v) is 6.72. The molecular formula is C15H16N4O. The average molecular weight is 268 g/mol. The van der Waals surface area contributed by atoms with E-state index in [0.717, 1.165) is 34.9 Å². The molecule has 0 saturated carbocycles. The van der Waals surface area contributed by atoms with E-state index in [9.17, 15) is 4.79 Å². The van der Waals surface area contributed by atoms with Crippen LogP contribution in [0.4, 0.5) is 5.69 Å². The molecule has 20 heavy (non-hydrogen) atoms. The summed E-state index contributed by atoms with van der Waals surface area (Å²) in [5.41, 5.74) is 3.83. The smallest absolute Gasteiger partial charge is 0.228 e. The van der Waals surface area contributed by atoms with Crippen molar-refractivity contribution >= 4 is 11.6 Å². The lowest BCUT2D eigenvalue weighted by Crippen LogP contribution is -2.14. The highest BCUT2D eigenvalue weighted by molar-refractivity contribution is 5.99. The van der Waals surface area contributed by atoms with Gasteiger partial charge in [-0.05, 0) is 30.3 Å². The lowest BCUT2D eigenvalue weighted by molar-refractivity contribution is -0.115. The molecule has 0 bridgehead atoms. The Morgan fingerprint density at radius 3 is 3.10 bits per heavy atom. The molecule has 1 aliphatic rings. The number of aromatic nitrogens is 2. The molecule has 0 spiro atoms. The third-order valence-electron chi connectivity index (χ3n) is 3.26. The van der Waals surface area contributed by atoms with E-state index >= 15 is 0 Å². The van der Waals surface area contributed by atoms with E-state index in [1.165, 1.54) is 0 Å². The molecule has 5 nitrogen and oxygen atoms in total. The van der Waals surface area contributed by atoms with Gasteiger partial charge in [0.05, 0.1) is 18.7 Å². The van der Waals surface area contributed by atoms with Crippen LogP contribution in [0.5, 0.6) is 0 Å². The molecule has 2 aromatic rings. The van der Waals surface area contributed by atoms with Crippen LogP contribution in [0.25, 0.3) is 11.3 Å². The second-order valence-electron chi connectivity index (χ2n) is 4.74. The minimum atomic E-state index is 0.0488. The Bertz CT molecular complexity index is 654. The van der Waals surface area contributed by atoms with Crippen molar-refractivity contribution in [3.8, 4) is 11.3 Å². The van der Waals surface area contributed by atoms with Crippen LogP contribution in [0, 0.1) is 0 Å². The number of carbonyl (C=O) groups is 1. The Hall–Kier alpha value is -2.27. The molecule has 0 fully saturated rings. The summed E-state index contributed by atoms with van der Waals surface area (Å²) in [6.07, 6.45) is 2.21. The fraction of sp³-hybridized carbons (Fsp3) is 0.267. The highest BCUT2D eigenvalue weighted by Crippen LogP contribution is 2.28. The molecule has 2 N–H and O–H groups in total. The molecular weight excluding hydrogens is 252 g/mol. The zero-order valence-electron chi connectivity index (χ0n) is 11.3. The number of nitrogens with one attached hydrogen (secondary N) is 2. The third kappa shape index (κ3) is 2.53. The van der Waals surface area contributed by atoms with Crippen LogP contribution in [-0.2, 0) is 17.8 Å². The molecule has 1 amide bonds. The van der Waals surface area contributed by atoms with Crippen LogP contribution in [0.3, 0.4) is 0 Å². The number of hydrogen-bond acceptors (Lipinski definition) is 4. The van der Waals surface area contributed by atoms with Crippen molar-refractivity contribution in [2.45, 2.75) is 19.9 Å². The molecule has 0 saturated heterocycles. The summed E-state index contributed by atoms with van der Waals surface area (Å²) in [7, 11) is 0. The van der Waals surface area contributed by atoms with Crippen molar-refractivity contribution in [2.75, 3.05) is 11.9 Å². The normalized spacial score (nSPS) is 13.2. The van der Waals surface area contributed by atoms with Gasteiger partial charge in [0.15, 0.2) is 0 Å². The van der Waals surface area contributed by atoms with Crippen LogP contribution in [0.15, 0.2) is 30.5 Å². The molecule has 1 aliphatic heterocycles. The zero-order valence-corrected chi connectivity index (χ0v) is 11.3. The first kappa shape index (κ1) is 12.7. The van der Waals surface area contributed by atoms with Crippen molar-refractivity contribution in [1.82, 2.24) is 15.3 Å². The molecule has 0 unspecified atom stereocenters. The molecule has 0 atom stereocenters. The summed E-state index contributed by atoms with van der Waals surface area (Å²) < 4.78 is 0. The number of amides is 1. The molecule has 1 aromatic carbocycles. The summed E-state index contributed by atoms with van der Waals surface area (Å²) in [5, 5.41) is 6.04. The van der Waals surface area contributed by atoms with E-state index in [1.807, 2.05) is 31.2 Å². The largest absolute Gasteiger partial charge is 0.326 e. The molecule has 5 heteroatoms. The van der Waals surface area contributed by atoms with Crippen molar-refractivity contribution in [2.24, 2.45) is 0 Å². The Labute approximate surface area is 117 Å². The van der Waals surface area contributed by atoms with E-state index in [1.54, 1.807) is 6.20 Å². The predicted octanol–water partition coefficient (Wildman–Crippen LogP) is 1.75. The number of fused-ring (bicyclic) bond motifs is 1. The number of rotatable bonds is 4. The van der Waals surface area contributed by atoms with E-state index in [-0.39, 0.29) is 5.91 Å². The Kier molecular flexibility index (Phi) is 3.43. The van der Waals surface area contributed by atoms with E-state index < -0.39 is 0 Å². The maximum atomic E-state index is 11.4. The van der Waals surface area contributed by atoms with E-state index in [4.69, 9.17) is 0 Å². The second-order valence-corrected chi connectivity index (χ2v) is 4.74. The van der Waals surface area contributed by atoms with Gasteiger partial charge in [0.1, 0.15) is 5.82 Å². The minimum absolute atomic E-state index is 0.0488. The average Bonchev–Trinajstić information content (AvgIpc) is 2.84. The monoisotopic (exact) mass is 268 g/mol. The van der Waals surface area contributed by atoms with Gasteiger partial charge in [0.25, 0.3) is 0 Å². The van der Waals surface area contributed by atoms with Crippen molar-refractivity contribution < 1.29 is 4.79 Å². The highest BCUT2D eigenvalue weighted by atomic mass is 16.1. The molecule has 102 valence electrons. The molecule has 0 aliphatic carbocycles. The topological polar surface area (TPSA) is 66.9 Å². The van der Waals surface area contributed by atoms with Gasteiger partial charge >= 0.3 is 0 Å². The maximum Gasteiger partial charge on any atom is 0.228 e. The van der Waals surface area contributed by atoms with Gasteiger partial charge in [0, 0.05) is 17.4 Å². The van der Waals surface area contributed by atoms with Crippen LogP contribution in [0.2, 0.25) is 0 Å². The van der Waals surface area contributed by atoms with Gasteiger partial charge in [-0.2, -0.15) is 0 Å². The van der Waals surface area contributed by atoms with Crippen molar-refractivity contribution in [3.05, 3.63) is 41.9 Å². The lowest BCUT2D eigenvalue weighted by atomic mass is 10.1. The predicted molar refractivity (Wildman–Crippen MR) is 77.2 cm³/mol. The second kappa shape index (κ2) is 5.38. The fourth-order valence-corrected chi connectivity index (χ4v) is 2.27. The Balaban J connectivity index is 1.89. The first-order chi connectivity index (χ1) is 9.76. The maximum absolute atomic E-state index is 11.4. The van der Waals surface area contributed by atoms with E-state index in [2.05, 4.69) is 20.6 Å². The van der Waals surface area contributed by atoms with Crippen LogP contribution >= 0.6 is 0 Å². The van der Waals surface area contributed by atoms with Crippen molar-refractivity contribution in [1.29, 1.82) is 0 Å². The Morgan fingerprint density at radius 2 is 2.25 bits per heavy atom. The standard InChI is InChI=1S/C15H16N4O/c1-2-16-9-14-17-6-5-13(18-14)10-3-4-12-11(7-10)8-15(20)19-12/h3-7,16H,2,8-9H2,1H3,(H,19,20). The van der Waals surface area contributed by atoms with Crippen LogP contribution < -0.4 is 10.6 Å². The van der Waals surface area contributed by atoms with Crippen LogP contribution in [0.1, 0.15) is 18.3 Å². The minimum Gasteiger partial charge on any atom is -0.326 e. The number of nitrogens with zero attached hydrogens (tertiary/aromatic N) is 2. The quantitative estimate of drug-likeness (QED) is 0.886. The number of benzene rings is 1. The number of anilines is 1. The van der Waals surface area contributed by atoms with Gasteiger partial charge in [-0.25, -0.2) is 9.97 Å². The lowest BCUT2D eigenvalue weighted by Gasteiger charge is -2.06. The van der Waals surface area contributed by atoms with Gasteiger partial charge in [0.2, 0.25) is 5.91 Å². The SMILES string of the molecule is CCNCc1nccc(-c2ccc3c(c2)CC(=O)N3)n1. The zero-order chi connectivity index (χ0) is 13.9. The highest BCUT2D eigenvalue weighted by Gasteiger charge is 2.18. The van der Waals surface area contributed by atoms with E-state index in [0.29, 0.717) is 13.0 Å². The number of carbonyl (C=O) groups excluding carboxylic acids is 1. The van der Waals surface area contributed by atoms with Crippen molar-refractivity contribution in [3.63, 3.8) is 0 Å². The van der Waals surface area contributed by atoms with Gasteiger partial charge in [-0.15, -0.1) is 0 Å². The summed E-state index contributed by atoms with van der Waals surface area (Å²) >= 11 is 0.